The molecular formula is C10H13ClN2O4S2. The zero-order chi connectivity index (χ0) is 14.2. The molecule has 2 rings (SSSR count). The third kappa shape index (κ3) is 3.44. The smallest absolute Gasteiger partial charge is 0.272 e. The second-order valence-electron chi connectivity index (χ2n) is 4.33. The predicted octanol–water partition coefficient (Wildman–Crippen LogP) is 1.89. The van der Waals surface area contributed by atoms with E-state index in [1.54, 1.807) is 0 Å². The highest BCUT2D eigenvalue weighted by Crippen LogP contribution is 2.30. The van der Waals surface area contributed by atoms with Crippen molar-refractivity contribution < 1.29 is 17.9 Å². The Morgan fingerprint density at radius 1 is 1.53 bits per heavy atom. The van der Waals surface area contributed by atoms with Crippen LogP contribution in [0.2, 0.25) is 0 Å². The molecule has 2 unspecified atom stereocenters. The molecule has 1 N–H and O–H groups in total. The van der Waals surface area contributed by atoms with E-state index in [0.717, 1.165) is 17.8 Å². The fourth-order valence-corrected chi connectivity index (χ4v) is 4.20. The zero-order valence-corrected chi connectivity index (χ0v) is 12.7. The van der Waals surface area contributed by atoms with E-state index < -0.39 is 15.2 Å². The summed E-state index contributed by atoms with van der Waals surface area (Å²) in [6.07, 6.45) is 1.04. The number of carbonyl (C=O) groups is 1. The van der Waals surface area contributed by atoms with Gasteiger partial charge in [0.05, 0.1) is 11.8 Å². The van der Waals surface area contributed by atoms with Gasteiger partial charge in [0.1, 0.15) is 6.10 Å². The van der Waals surface area contributed by atoms with Crippen molar-refractivity contribution in [2.24, 2.45) is 0 Å². The largest absolute Gasteiger partial charge is 0.365 e. The number of aromatic nitrogens is 1. The molecule has 6 nitrogen and oxygen atoms in total. The average Bonchev–Trinajstić information content (AvgIpc) is 2.84. The Kier molecular flexibility index (Phi) is 4.14. The van der Waals surface area contributed by atoms with Gasteiger partial charge in [-0.15, -0.1) is 0 Å². The SMILES string of the molecule is Cc1nc(NC(=O)C2CCC(C)O2)sc1S(=O)(=O)Cl. The Labute approximate surface area is 119 Å². The Morgan fingerprint density at radius 3 is 2.68 bits per heavy atom. The van der Waals surface area contributed by atoms with Crippen molar-refractivity contribution >= 4 is 42.1 Å². The van der Waals surface area contributed by atoms with Crippen LogP contribution in [-0.2, 0) is 18.6 Å². The Morgan fingerprint density at radius 2 is 2.21 bits per heavy atom. The molecule has 0 radical (unpaired) electrons. The molecule has 0 saturated carbocycles. The number of rotatable bonds is 3. The van der Waals surface area contributed by atoms with E-state index in [9.17, 15) is 13.2 Å². The minimum Gasteiger partial charge on any atom is -0.365 e. The number of nitrogens with zero attached hydrogens (tertiary/aromatic N) is 1. The number of thiazole rings is 1. The van der Waals surface area contributed by atoms with Gasteiger partial charge in [0, 0.05) is 10.7 Å². The highest BCUT2D eigenvalue weighted by molar-refractivity contribution is 8.15. The molecule has 0 bridgehead atoms. The first-order chi connectivity index (χ1) is 8.77. The van der Waals surface area contributed by atoms with Crippen molar-refractivity contribution in [1.29, 1.82) is 0 Å². The van der Waals surface area contributed by atoms with E-state index in [1.165, 1.54) is 6.92 Å². The second kappa shape index (κ2) is 5.35. The molecule has 0 spiro atoms. The van der Waals surface area contributed by atoms with Gasteiger partial charge in [0.25, 0.3) is 15.0 Å². The highest BCUT2D eigenvalue weighted by Gasteiger charge is 2.29. The van der Waals surface area contributed by atoms with Crippen LogP contribution in [-0.4, -0.2) is 31.5 Å². The number of anilines is 1. The lowest BCUT2D eigenvalue weighted by molar-refractivity contribution is -0.126. The molecular weight excluding hydrogens is 312 g/mol. The van der Waals surface area contributed by atoms with Crippen molar-refractivity contribution in [3.8, 4) is 0 Å². The van der Waals surface area contributed by atoms with Gasteiger partial charge in [0.2, 0.25) is 0 Å². The molecule has 1 fully saturated rings. The van der Waals surface area contributed by atoms with Crippen molar-refractivity contribution in [3.05, 3.63) is 5.69 Å². The summed E-state index contributed by atoms with van der Waals surface area (Å²) in [6, 6.07) is 0. The van der Waals surface area contributed by atoms with Crippen molar-refractivity contribution in [1.82, 2.24) is 4.98 Å². The van der Waals surface area contributed by atoms with Crippen LogP contribution in [0.15, 0.2) is 4.21 Å². The molecule has 1 saturated heterocycles. The van der Waals surface area contributed by atoms with Gasteiger partial charge in [-0.25, -0.2) is 13.4 Å². The topological polar surface area (TPSA) is 85.4 Å². The first kappa shape index (κ1) is 14.7. The molecule has 19 heavy (non-hydrogen) atoms. The Balaban J connectivity index is 2.10. The van der Waals surface area contributed by atoms with Crippen molar-refractivity contribution in [3.63, 3.8) is 0 Å². The van der Waals surface area contributed by atoms with Gasteiger partial charge >= 0.3 is 0 Å². The maximum atomic E-state index is 11.9. The number of halogens is 1. The molecule has 0 aromatic carbocycles. The first-order valence-corrected chi connectivity index (χ1v) is 8.78. The van der Waals surface area contributed by atoms with Crippen LogP contribution in [0.1, 0.15) is 25.5 Å². The van der Waals surface area contributed by atoms with Gasteiger partial charge < -0.3 is 4.74 Å². The standard InChI is InChI=1S/C10H13ClN2O4S2/c1-5-3-4-7(17-5)8(14)13-10-12-6(2)9(18-10)19(11,15)16/h5,7H,3-4H2,1-2H3,(H,12,13,14). The van der Waals surface area contributed by atoms with E-state index >= 15 is 0 Å². The van der Waals surface area contributed by atoms with Gasteiger partial charge in [-0.1, -0.05) is 11.3 Å². The van der Waals surface area contributed by atoms with Gasteiger partial charge in [-0.2, -0.15) is 0 Å². The second-order valence-corrected chi connectivity index (χ2v) is 8.09. The van der Waals surface area contributed by atoms with E-state index in [-0.39, 0.29) is 27.0 Å². The quantitative estimate of drug-likeness (QED) is 0.858. The first-order valence-electron chi connectivity index (χ1n) is 5.66. The lowest BCUT2D eigenvalue weighted by Gasteiger charge is -2.09. The molecule has 1 aliphatic heterocycles. The lowest BCUT2D eigenvalue weighted by Crippen LogP contribution is -2.27. The fraction of sp³-hybridized carbons (Fsp3) is 0.600. The number of hydrogen-bond donors (Lipinski definition) is 1. The summed E-state index contributed by atoms with van der Waals surface area (Å²) < 4.78 is 27.9. The summed E-state index contributed by atoms with van der Waals surface area (Å²) in [5.41, 5.74) is 0.274. The van der Waals surface area contributed by atoms with E-state index in [1.807, 2.05) is 6.92 Å². The summed E-state index contributed by atoms with van der Waals surface area (Å²) in [6.45, 7) is 3.43. The van der Waals surface area contributed by atoms with E-state index in [2.05, 4.69) is 10.3 Å². The lowest BCUT2D eigenvalue weighted by atomic mass is 10.2. The Bertz CT molecular complexity index is 599. The maximum absolute atomic E-state index is 11.9. The molecule has 0 aliphatic carbocycles. The summed E-state index contributed by atoms with van der Waals surface area (Å²) >= 11 is 0.836. The van der Waals surface area contributed by atoms with Crippen LogP contribution in [0.25, 0.3) is 0 Å². The number of ether oxygens (including phenoxy) is 1. The zero-order valence-electron chi connectivity index (χ0n) is 10.3. The van der Waals surface area contributed by atoms with Crippen molar-refractivity contribution in [2.75, 3.05) is 5.32 Å². The van der Waals surface area contributed by atoms with Crippen molar-refractivity contribution in [2.45, 2.75) is 43.1 Å². The molecule has 9 heteroatoms. The molecule has 2 heterocycles. The number of aryl methyl sites for hydroxylation is 1. The Hall–Kier alpha value is -0.700. The normalized spacial score (nSPS) is 23.5. The summed E-state index contributed by atoms with van der Waals surface area (Å²) in [5, 5.41) is 2.77. The predicted molar refractivity (Wildman–Crippen MR) is 72.1 cm³/mol. The summed E-state index contributed by atoms with van der Waals surface area (Å²) in [4.78, 5) is 15.9. The van der Waals surface area contributed by atoms with Crippen LogP contribution >= 0.6 is 22.0 Å². The third-order valence-electron chi connectivity index (χ3n) is 2.73. The third-order valence-corrected chi connectivity index (χ3v) is 5.98. The van der Waals surface area contributed by atoms with E-state index in [0.29, 0.717) is 6.42 Å². The highest BCUT2D eigenvalue weighted by atomic mass is 35.7. The number of amides is 1. The minimum atomic E-state index is -3.83. The average molecular weight is 325 g/mol. The van der Waals surface area contributed by atoms with Gasteiger partial charge in [-0.3, -0.25) is 10.1 Å². The number of hydrogen-bond acceptors (Lipinski definition) is 6. The molecule has 1 aromatic rings. The number of carbonyl (C=O) groups excluding carboxylic acids is 1. The molecule has 1 aromatic heterocycles. The molecule has 106 valence electrons. The van der Waals surface area contributed by atoms with Gasteiger partial charge in [0.15, 0.2) is 9.34 Å². The minimum absolute atomic E-state index is 0.0508. The van der Waals surface area contributed by atoms with Crippen LogP contribution in [0, 0.1) is 6.92 Å². The van der Waals surface area contributed by atoms with Crippen LogP contribution in [0.4, 0.5) is 5.13 Å². The number of nitrogens with one attached hydrogen (secondary N) is 1. The van der Waals surface area contributed by atoms with Crippen LogP contribution < -0.4 is 5.32 Å². The summed E-state index contributed by atoms with van der Waals surface area (Å²) in [5.74, 6) is -0.309. The van der Waals surface area contributed by atoms with Gasteiger partial charge in [-0.05, 0) is 26.7 Å². The fourth-order valence-electron chi connectivity index (χ4n) is 1.84. The molecule has 2 atom stereocenters. The van der Waals surface area contributed by atoms with E-state index in [4.69, 9.17) is 15.4 Å². The monoisotopic (exact) mass is 324 g/mol. The summed E-state index contributed by atoms with van der Waals surface area (Å²) in [7, 11) is 1.43. The maximum Gasteiger partial charge on any atom is 0.272 e. The molecule has 1 aliphatic rings. The molecule has 1 amide bonds. The van der Waals surface area contributed by atoms with Crippen LogP contribution in [0.3, 0.4) is 0 Å². The van der Waals surface area contributed by atoms with Crippen LogP contribution in [0.5, 0.6) is 0 Å².